The number of morpholine rings is 1. The highest BCUT2D eigenvalue weighted by atomic mass is 16.5. The summed E-state index contributed by atoms with van der Waals surface area (Å²) in [4.78, 5) is 9.63. The van der Waals surface area contributed by atoms with E-state index in [2.05, 4.69) is 58.5 Å². The molecule has 4 nitrogen and oxygen atoms in total. The Labute approximate surface area is 144 Å². The fourth-order valence-electron chi connectivity index (χ4n) is 3.78. The standard InChI is InChI=1S/C20H25N3O/c1-2-5-17(6-3-1)16-23-10-4-7-19(23)18-8-9-20(21-15-18)22-11-13-24-14-12-22/h1-3,5-6,8-9,15,19H,4,7,10-14,16H2/t19-/m0/s1. The molecule has 4 rings (SSSR count). The third-order valence-corrected chi connectivity index (χ3v) is 5.08. The highest BCUT2D eigenvalue weighted by Crippen LogP contribution is 2.33. The Morgan fingerprint density at radius 2 is 1.83 bits per heavy atom. The first-order chi connectivity index (χ1) is 11.9. The lowest BCUT2D eigenvalue weighted by molar-refractivity contribution is 0.122. The maximum atomic E-state index is 5.42. The van der Waals surface area contributed by atoms with Crippen molar-refractivity contribution in [3.05, 3.63) is 59.8 Å². The molecule has 0 radical (unpaired) electrons. The van der Waals surface area contributed by atoms with Gasteiger partial charge in [-0.15, -0.1) is 0 Å². The van der Waals surface area contributed by atoms with Crippen LogP contribution in [0.4, 0.5) is 5.82 Å². The minimum atomic E-state index is 0.497. The van der Waals surface area contributed by atoms with Crippen LogP contribution in [0.5, 0.6) is 0 Å². The molecule has 24 heavy (non-hydrogen) atoms. The van der Waals surface area contributed by atoms with Crippen LogP contribution in [0.1, 0.15) is 30.0 Å². The van der Waals surface area contributed by atoms with Gasteiger partial charge in [-0.25, -0.2) is 4.98 Å². The second kappa shape index (κ2) is 7.32. The first-order valence-electron chi connectivity index (χ1n) is 8.97. The second-order valence-electron chi connectivity index (χ2n) is 6.66. The summed E-state index contributed by atoms with van der Waals surface area (Å²) in [5, 5.41) is 0. The molecule has 0 bridgehead atoms. The van der Waals surface area contributed by atoms with E-state index in [1.165, 1.54) is 30.5 Å². The van der Waals surface area contributed by atoms with Gasteiger partial charge in [-0.3, -0.25) is 4.90 Å². The molecular weight excluding hydrogens is 298 g/mol. The Kier molecular flexibility index (Phi) is 4.76. The van der Waals surface area contributed by atoms with Crippen LogP contribution < -0.4 is 4.90 Å². The number of aromatic nitrogens is 1. The van der Waals surface area contributed by atoms with Crippen molar-refractivity contribution in [1.82, 2.24) is 9.88 Å². The summed E-state index contributed by atoms with van der Waals surface area (Å²) >= 11 is 0. The van der Waals surface area contributed by atoms with E-state index in [0.717, 1.165) is 38.7 Å². The number of pyridine rings is 1. The lowest BCUT2D eigenvalue weighted by atomic mass is 10.1. The van der Waals surface area contributed by atoms with Crippen molar-refractivity contribution in [3.8, 4) is 0 Å². The van der Waals surface area contributed by atoms with Crippen molar-refractivity contribution in [2.75, 3.05) is 37.7 Å². The number of hydrogen-bond donors (Lipinski definition) is 0. The molecule has 1 aromatic carbocycles. The average Bonchev–Trinajstić information content (AvgIpc) is 3.11. The van der Waals surface area contributed by atoms with Crippen LogP contribution >= 0.6 is 0 Å². The molecule has 2 aliphatic rings. The first-order valence-corrected chi connectivity index (χ1v) is 8.97. The Morgan fingerprint density at radius 1 is 1.00 bits per heavy atom. The van der Waals surface area contributed by atoms with Gasteiger partial charge in [0.05, 0.1) is 13.2 Å². The summed E-state index contributed by atoms with van der Waals surface area (Å²) < 4.78 is 5.42. The molecule has 0 spiro atoms. The Morgan fingerprint density at radius 3 is 2.58 bits per heavy atom. The lowest BCUT2D eigenvalue weighted by Crippen LogP contribution is -2.36. The van der Waals surface area contributed by atoms with E-state index in [1.54, 1.807) is 0 Å². The quantitative estimate of drug-likeness (QED) is 0.863. The molecule has 4 heteroatoms. The molecule has 2 saturated heterocycles. The summed E-state index contributed by atoms with van der Waals surface area (Å²) in [5.74, 6) is 1.08. The average molecular weight is 323 g/mol. The molecule has 0 aliphatic carbocycles. The van der Waals surface area contributed by atoms with Crippen molar-refractivity contribution >= 4 is 5.82 Å². The molecule has 126 valence electrons. The van der Waals surface area contributed by atoms with Crippen LogP contribution in [0, 0.1) is 0 Å². The van der Waals surface area contributed by atoms with Gasteiger partial charge in [0.25, 0.3) is 0 Å². The van der Waals surface area contributed by atoms with Crippen molar-refractivity contribution < 1.29 is 4.74 Å². The zero-order chi connectivity index (χ0) is 16.2. The Hall–Kier alpha value is -1.91. The molecular formula is C20H25N3O. The second-order valence-corrected chi connectivity index (χ2v) is 6.66. The highest BCUT2D eigenvalue weighted by Gasteiger charge is 2.26. The summed E-state index contributed by atoms with van der Waals surface area (Å²) in [6.45, 7) is 5.68. The summed E-state index contributed by atoms with van der Waals surface area (Å²) in [6.07, 6.45) is 4.58. The van der Waals surface area contributed by atoms with E-state index in [4.69, 9.17) is 9.72 Å². The van der Waals surface area contributed by atoms with Crippen LogP contribution in [0.15, 0.2) is 48.7 Å². The van der Waals surface area contributed by atoms with Crippen molar-refractivity contribution in [2.45, 2.75) is 25.4 Å². The molecule has 2 fully saturated rings. The molecule has 1 aromatic heterocycles. The number of benzene rings is 1. The van der Waals surface area contributed by atoms with Gasteiger partial charge in [-0.05, 0) is 36.6 Å². The minimum Gasteiger partial charge on any atom is -0.378 e. The van der Waals surface area contributed by atoms with Crippen LogP contribution in [0.3, 0.4) is 0 Å². The fraction of sp³-hybridized carbons (Fsp3) is 0.450. The van der Waals surface area contributed by atoms with Gasteiger partial charge >= 0.3 is 0 Å². The molecule has 2 aromatic rings. The molecule has 3 heterocycles. The highest BCUT2D eigenvalue weighted by molar-refractivity contribution is 5.40. The number of hydrogen-bond acceptors (Lipinski definition) is 4. The maximum Gasteiger partial charge on any atom is 0.128 e. The number of likely N-dealkylation sites (tertiary alicyclic amines) is 1. The third-order valence-electron chi connectivity index (χ3n) is 5.08. The Balaban J connectivity index is 1.46. The van der Waals surface area contributed by atoms with Gasteiger partial charge in [0.2, 0.25) is 0 Å². The van der Waals surface area contributed by atoms with Gasteiger partial charge < -0.3 is 9.64 Å². The molecule has 0 N–H and O–H groups in total. The zero-order valence-corrected chi connectivity index (χ0v) is 14.1. The van der Waals surface area contributed by atoms with Gasteiger partial charge in [0.1, 0.15) is 5.82 Å². The number of rotatable bonds is 4. The topological polar surface area (TPSA) is 28.6 Å². The predicted molar refractivity (Wildman–Crippen MR) is 96.1 cm³/mol. The summed E-state index contributed by atoms with van der Waals surface area (Å²) in [5.41, 5.74) is 2.74. The van der Waals surface area contributed by atoms with Gasteiger partial charge in [0.15, 0.2) is 0 Å². The molecule has 1 atom stereocenters. The van der Waals surface area contributed by atoms with E-state index >= 15 is 0 Å². The fourth-order valence-corrected chi connectivity index (χ4v) is 3.78. The summed E-state index contributed by atoms with van der Waals surface area (Å²) in [7, 11) is 0. The monoisotopic (exact) mass is 323 g/mol. The molecule has 0 unspecified atom stereocenters. The smallest absolute Gasteiger partial charge is 0.128 e. The minimum absolute atomic E-state index is 0.497. The molecule has 0 amide bonds. The Bertz CT molecular complexity index is 638. The van der Waals surface area contributed by atoms with E-state index < -0.39 is 0 Å². The number of ether oxygens (including phenoxy) is 1. The van der Waals surface area contributed by atoms with Crippen molar-refractivity contribution in [3.63, 3.8) is 0 Å². The van der Waals surface area contributed by atoms with Crippen LogP contribution in [-0.2, 0) is 11.3 Å². The van der Waals surface area contributed by atoms with Crippen molar-refractivity contribution in [2.24, 2.45) is 0 Å². The van der Waals surface area contributed by atoms with Crippen LogP contribution in [0.25, 0.3) is 0 Å². The first kappa shape index (κ1) is 15.6. The maximum absolute atomic E-state index is 5.42. The van der Waals surface area contributed by atoms with Crippen LogP contribution in [0.2, 0.25) is 0 Å². The van der Waals surface area contributed by atoms with Gasteiger partial charge in [0, 0.05) is 31.9 Å². The summed E-state index contributed by atoms with van der Waals surface area (Å²) in [6, 6.07) is 15.7. The SMILES string of the molecule is c1ccc(CN2CCC[C@H]2c2ccc(N3CCOCC3)nc2)cc1. The van der Waals surface area contributed by atoms with Crippen LogP contribution in [-0.4, -0.2) is 42.7 Å². The lowest BCUT2D eigenvalue weighted by Gasteiger charge is -2.29. The molecule has 0 saturated carbocycles. The number of anilines is 1. The van der Waals surface area contributed by atoms with E-state index in [-0.39, 0.29) is 0 Å². The normalized spacial score (nSPS) is 22.0. The van der Waals surface area contributed by atoms with E-state index in [9.17, 15) is 0 Å². The van der Waals surface area contributed by atoms with Gasteiger partial charge in [-0.1, -0.05) is 36.4 Å². The predicted octanol–water partition coefficient (Wildman–Crippen LogP) is 3.26. The number of nitrogens with zero attached hydrogens (tertiary/aromatic N) is 3. The van der Waals surface area contributed by atoms with E-state index in [0.29, 0.717) is 6.04 Å². The zero-order valence-electron chi connectivity index (χ0n) is 14.1. The van der Waals surface area contributed by atoms with E-state index in [1.807, 2.05) is 0 Å². The van der Waals surface area contributed by atoms with Gasteiger partial charge in [-0.2, -0.15) is 0 Å². The van der Waals surface area contributed by atoms with Crippen molar-refractivity contribution in [1.29, 1.82) is 0 Å². The molecule has 2 aliphatic heterocycles. The third kappa shape index (κ3) is 3.45. The largest absolute Gasteiger partial charge is 0.378 e.